The SMILES string of the molecule is CCC(C)CN(CC)S(=O)(=O)c1cc(N)c(C)c(Cl)c1. The molecule has 1 unspecified atom stereocenters. The lowest BCUT2D eigenvalue weighted by Crippen LogP contribution is -2.34. The maximum Gasteiger partial charge on any atom is 0.243 e. The summed E-state index contributed by atoms with van der Waals surface area (Å²) in [5.74, 6) is 0.308. The second-order valence-electron chi connectivity index (χ2n) is 5.09. The third-order valence-corrected chi connectivity index (χ3v) is 5.87. The van der Waals surface area contributed by atoms with Crippen LogP contribution in [-0.4, -0.2) is 25.8 Å². The lowest BCUT2D eigenvalue weighted by Gasteiger charge is -2.24. The summed E-state index contributed by atoms with van der Waals surface area (Å²) in [5, 5.41) is 0.378. The molecule has 0 amide bonds. The molecule has 114 valence electrons. The molecule has 20 heavy (non-hydrogen) atoms. The first-order valence-corrected chi connectivity index (χ1v) is 8.61. The van der Waals surface area contributed by atoms with Gasteiger partial charge in [0, 0.05) is 23.8 Å². The molecule has 1 rings (SSSR count). The van der Waals surface area contributed by atoms with Gasteiger partial charge in [-0.05, 0) is 30.5 Å². The van der Waals surface area contributed by atoms with E-state index in [4.69, 9.17) is 17.3 Å². The van der Waals surface area contributed by atoms with E-state index in [0.717, 1.165) is 6.42 Å². The van der Waals surface area contributed by atoms with Gasteiger partial charge in [0.25, 0.3) is 0 Å². The van der Waals surface area contributed by atoms with E-state index < -0.39 is 10.0 Å². The number of benzene rings is 1. The van der Waals surface area contributed by atoms with Crippen molar-refractivity contribution in [2.24, 2.45) is 5.92 Å². The number of anilines is 1. The zero-order chi connectivity index (χ0) is 15.5. The molecule has 0 aliphatic rings. The van der Waals surface area contributed by atoms with E-state index in [9.17, 15) is 8.42 Å². The molecular formula is C14H23ClN2O2S. The summed E-state index contributed by atoms with van der Waals surface area (Å²) in [6.45, 7) is 8.61. The summed E-state index contributed by atoms with van der Waals surface area (Å²) in [4.78, 5) is 0.163. The largest absolute Gasteiger partial charge is 0.398 e. The van der Waals surface area contributed by atoms with Crippen LogP contribution in [0.2, 0.25) is 5.02 Å². The average Bonchev–Trinajstić information content (AvgIpc) is 2.40. The molecule has 1 aromatic carbocycles. The van der Waals surface area contributed by atoms with Crippen LogP contribution >= 0.6 is 11.6 Å². The minimum absolute atomic E-state index is 0.163. The highest BCUT2D eigenvalue weighted by molar-refractivity contribution is 7.89. The van der Waals surface area contributed by atoms with Gasteiger partial charge in [0.15, 0.2) is 0 Å². The van der Waals surface area contributed by atoms with Crippen molar-refractivity contribution in [1.29, 1.82) is 0 Å². The number of halogens is 1. The normalized spacial score (nSPS) is 13.7. The van der Waals surface area contributed by atoms with Crippen molar-refractivity contribution in [2.75, 3.05) is 18.8 Å². The molecule has 0 fully saturated rings. The van der Waals surface area contributed by atoms with Crippen molar-refractivity contribution in [2.45, 2.75) is 39.0 Å². The summed E-state index contributed by atoms with van der Waals surface area (Å²) >= 11 is 6.04. The highest BCUT2D eigenvalue weighted by Gasteiger charge is 2.25. The van der Waals surface area contributed by atoms with Gasteiger partial charge in [-0.2, -0.15) is 4.31 Å². The number of hydrogen-bond donors (Lipinski definition) is 1. The Morgan fingerprint density at radius 1 is 1.35 bits per heavy atom. The lowest BCUT2D eigenvalue weighted by molar-refractivity contribution is 0.361. The minimum atomic E-state index is -3.55. The van der Waals surface area contributed by atoms with Crippen LogP contribution in [0.4, 0.5) is 5.69 Å². The van der Waals surface area contributed by atoms with Crippen LogP contribution in [0.3, 0.4) is 0 Å². The highest BCUT2D eigenvalue weighted by atomic mass is 35.5. The zero-order valence-corrected chi connectivity index (χ0v) is 14.1. The summed E-state index contributed by atoms with van der Waals surface area (Å²) in [7, 11) is -3.55. The van der Waals surface area contributed by atoms with E-state index in [1.165, 1.54) is 16.4 Å². The van der Waals surface area contributed by atoms with Crippen LogP contribution in [0.1, 0.15) is 32.8 Å². The zero-order valence-electron chi connectivity index (χ0n) is 12.5. The quantitative estimate of drug-likeness (QED) is 0.819. The third-order valence-electron chi connectivity index (χ3n) is 3.56. The Morgan fingerprint density at radius 2 is 1.95 bits per heavy atom. The Labute approximate surface area is 127 Å². The maximum absolute atomic E-state index is 12.6. The van der Waals surface area contributed by atoms with Gasteiger partial charge in [-0.3, -0.25) is 0 Å². The monoisotopic (exact) mass is 318 g/mol. The van der Waals surface area contributed by atoms with E-state index in [1.54, 1.807) is 6.92 Å². The molecule has 2 N–H and O–H groups in total. The summed E-state index contributed by atoms with van der Waals surface area (Å²) in [5.41, 5.74) is 6.92. The summed E-state index contributed by atoms with van der Waals surface area (Å²) in [6, 6.07) is 2.96. The van der Waals surface area contributed by atoms with Crippen molar-refractivity contribution >= 4 is 27.3 Å². The molecule has 1 atom stereocenters. The van der Waals surface area contributed by atoms with Gasteiger partial charge in [-0.15, -0.1) is 0 Å². The molecule has 0 spiro atoms. The Morgan fingerprint density at radius 3 is 2.40 bits per heavy atom. The molecule has 0 bridgehead atoms. The number of nitrogens with zero attached hydrogens (tertiary/aromatic N) is 1. The van der Waals surface area contributed by atoms with Gasteiger partial charge in [0.1, 0.15) is 0 Å². The first kappa shape index (κ1) is 17.3. The lowest BCUT2D eigenvalue weighted by atomic mass is 10.1. The van der Waals surface area contributed by atoms with E-state index >= 15 is 0 Å². The molecule has 0 aliphatic carbocycles. The average molecular weight is 319 g/mol. The molecular weight excluding hydrogens is 296 g/mol. The van der Waals surface area contributed by atoms with Crippen molar-refractivity contribution < 1.29 is 8.42 Å². The number of nitrogen functional groups attached to an aromatic ring is 1. The second kappa shape index (κ2) is 6.78. The van der Waals surface area contributed by atoms with Gasteiger partial charge >= 0.3 is 0 Å². The first-order chi connectivity index (χ1) is 9.23. The van der Waals surface area contributed by atoms with Crippen molar-refractivity contribution in [3.8, 4) is 0 Å². The Bertz CT molecular complexity index is 550. The maximum atomic E-state index is 12.6. The molecule has 0 aromatic heterocycles. The van der Waals surface area contributed by atoms with Crippen LogP contribution in [0.5, 0.6) is 0 Å². The van der Waals surface area contributed by atoms with E-state index in [-0.39, 0.29) is 4.90 Å². The molecule has 4 nitrogen and oxygen atoms in total. The van der Waals surface area contributed by atoms with Gasteiger partial charge < -0.3 is 5.73 Å². The molecule has 0 heterocycles. The Balaban J connectivity index is 3.21. The van der Waals surface area contributed by atoms with Crippen molar-refractivity contribution in [3.63, 3.8) is 0 Å². The number of rotatable bonds is 6. The number of nitrogens with two attached hydrogens (primary N) is 1. The van der Waals surface area contributed by atoms with Gasteiger partial charge in [-0.25, -0.2) is 8.42 Å². The van der Waals surface area contributed by atoms with Crippen molar-refractivity contribution in [3.05, 3.63) is 22.7 Å². The van der Waals surface area contributed by atoms with Gasteiger partial charge in [-0.1, -0.05) is 38.8 Å². The molecule has 0 saturated carbocycles. The molecule has 0 radical (unpaired) electrons. The summed E-state index contributed by atoms with van der Waals surface area (Å²) < 4.78 is 26.8. The van der Waals surface area contributed by atoms with Crippen LogP contribution < -0.4 is 5.73 Å². The highest BCUT2D eigenvalue weighted by Crippen LogP contribution is 2.28. The molecule has 6 heteroatoms. The van der Waals surface area contributed by atoms with E-state index in [1.807, 2.05) is 20.8 Å². The van der Waals surface area contributed by atoms with Crippen molar-refractivity contribution in [1.82, 2.24) is 4.31 Å². The molecule has 0 aliphatic heterocycles. The van der Waals surface area contributed by atoms with E-state index in [2.05, 4.69) is 0 Å². The number of hydrogen-bond acceptors (Lipinski definition) is 3. The van der Waals surface area contributed by atoms with Crippen LogP contribution in [0, 0.1) is 12.8 Å². The Kier molecular flexibility index (Phi) is 5.86. The van der Waals surface area contributed by atoms with Gasteiger partial charge in [0.05, 0.1) is 4.90 Å². The fourth-order valence-electron chi connectivity index (χ4n) is 1.85. The number of sulfonamides is 1. The standard InChI is InChI=1S/C14H23ClN2O2S/c1-5-10(3)9-17(6-2)20(18,19)12-7-13(15)11(4)14(16)8-12/h7-8,10H,5-6,9,16H2,1-4H3. The second-order valence-corrected chi connectivity index (χ2v) is 7.43. The fraction of sp³-hybridized carbons (Fsp3) is 0.571. The van der Waals surface area contributed by atoms with Gasteiger partial charge in [0.2, 0.25) is 10.0 Å². The Hall–Kier alpha value is -0.780. The molecule has 0 saturated heterocycles. The van der Waals surface area contributed by atoms with E-state index in [0.29, 0.717) is 35.3 Å². The van der Waals surface area contributed by atoms with Crippen LogP contribution in [-0.2, 0) is 10.0 Å². The third kappa shape index (κ3) is 3.65. The fourth-order valence-corrected chi connectivity index (χ4v) is 3.77. The topological polar surface area (TPSA) is 63.4 Å². The summed E-state index contributed by atoms with van der Waals surface area (Å²) in [6.07, 6.45) is 0.933. The first-order valence-electron chi connectivity index (χ1n) is 6.79. The predicted octanol–water partition coefficient (Wildman–Crippen LogP) is 3.29. The van der Waals surface area contributed by atoms with Crippen LogP contribution in [0.15, 0.2) is 17.0 Å². The predicted molar refractivity (Wildman–Crippen MR) is 84.5 cm³/mol. The molecule has 1 aromatic rings. The smallest absolute Gasteiger partial charge is 0.243 e. The minimum Gasteiger partial charge on any atom is -0.398 e. The van der Waals surface area contributed by atoms with Crippen LogP contribution in [0.25, 0.3) is 0 Å².